The number of carboxylic acid groups (broad SMARTS) is 1. The van der Waals surface area contributed by atoms with Gasteiger partial charge in [0.2, 0.25) is 5.91 Å². The molecule has 2 N–H and O–H groups in total. The van der Waals surface area contributed by atoms with Crippen LogP contribution in [0.15, 0.2) is 18.2 Å². The number of rotatable bonds is 9. The Hall–Kier alpha value is -2.97. The molecule has 0 aliphatic heterocycles. The molecule has 26 heavy (non-hydrogen) atoms. The van der Waals surface area contributed by atoms with Crippen molar-refractivity contribution < 1.29 is 24.4 Å². The summed E-state index contributed by atoms with van der Waals surface area (Å²) in [6.07, 6.45) is -0.173. The molecule has 0 aromatic heterocycles. The summed E-state index contributed by atoms with van der Waals surface area (Å²) in [5, 5.41) is 22.0. The van der Waals surface area contributed by atoms with Crippen molar-refractivity contribution in [1.29, 1.82) is 0 Å². The Morgan fingerprint density at radius 2 is 1.96 bits per heavy atom. The van der Waals surface area contributed by atoms with Gasteiger partial charge in [0.15, 0.2) is 0 Å². The first-order valence-corrected chi connectivity index (χ1v) is 8.14. The molecule has 1 aromatic rings. The fourth-order valence-electron chi connectivity index (χ4n) is 2.36. The number of carboxylic acids is 1. The van der Waals surface area contributed by atoms with Crippen molar-refractivity contribution in [1.82, 2.24) is 10.2 Å². The van der Waals surface area contributed by atoms with Gasteiger partial charge in [-0.15, -0.1) is 0 Å². The van der Waals surface area contributed by atoms with E-state index in [0.29, 0.717) is 12.1 Å². The lowest BCUT2D eigenvalue weighted by atomic mass is 10.1. The van der Waals surface area contributed by atoms with Crippen molar-refractivity contribution in [3.05, 3.63) is 39.4 Å². The summed E-state index contributed by atoms with van der Waals surface area (Å²) >= 11 is 0. The second kappa shape index (κ2) is 9.50. The highest BCUT2D eigenvalue weighted by Gasteiger charge is 2.18. The molecule has 0 saturated heterocycles. The molecular formula is C17H23N3O6. The highest BCUT2D eigenvalue weighted by molar-refractivity contribution is 5.96. The fraction of sp³-hybridized carbons (Fsp3) is 0.471. The highest BCUT2D eigenvalue weighted by atomic mass is 16.6. The summed E-state index contributed by atoms with van der Waals surface area (Å²) in [7, 11) is 0. The van der Waals surface area contributed by atoms with E-state index >= 15 is 0 Å². The van der Waals surface area contributed by atoms with Gasteiger partial charge in [-0.2, -0.15) is 0 Å². The average molecular weight is 365 g/mol. The van der Waals surface area contributed by atoms with Crippen LogP contribution in [0.3, 0.4) is 0 Å². The molecule has 0 fully saturated rings. The predicted octanol–water partition coefficient (Wildman–Crippen LogP) is 1.59. The molecule has 0 aliphatic carbocycles. The third kappa shape index (κ3) is 6.50. The van der Waals surface area contributed by atoms with Crippen molar-refractivity contribution >= 4 is 23.5 Å². The van der Waals surface area contributed by atoms with Crippen molar-refractivity contribution in [3.8, 4) is 0 Å². The van der Waals surface area contributed by atoms with Crippen LogP contribution in [-0.2, 0) is 9.59 Å². The Balaban J connectivity index is 2.71. The van der Waals surface area contributed by atoms with Crippen LogP contribution in [0.5, 0.6) is 0 Å². The lowest BCUT2D eigenvalue weighted by Crippen LogP contribution is -2.42. The Morgan fingerprint density at radius 1 is 1.31 bits per heavy atom. The number of nitro benzene ring substituents is 1. The quantitative estimate of drug-likeness (QED) is 0.505. The maximum Gasteiger partial charge on any atom is 0.305 e. The second-order valence-electron chi connectivity index (χ2n) is 6.32. The maximum atomic E-state index is 12.3. The predicted molar refractivity (Wildman–Crippen MR) is 93.8 cm³/mol. The number of nitro groups is 1. The van der Waals surface area contributed by atoms with Gasteiger partial charge in [-0.25, -0.2) is 0 Å². The number of benzene rings is 1. The van der Waals surface area contributed by atoms with E-state index in [9.17, 15) is 24.5 Å². The number of hydrogen-bond donors (Lipinski definition) is 2. The summed E-state index contributed by atoms with van der Waals surface area (Å²) in [4.78, 5) is 46.8. The number of aryl methyl sites for hydroxylation is 1. The zero-order valence-electron chi connectivity index (χ0n) is 15.0. The van der Waals surface area contributed by atoms with Gasteiger partial charge < -0.3 is 15.3 Å². The zero-order chi connectivity index (χ0) is 19.9. The smallest absolute Gasteiger partial charge is 0.305 e. The number of nitrogens with one attached hydrogen (secondary N) is 1. The summed E-state index contributed by atoms with van der Waals surface area (Å²) < 4.78 is 0. The van der Waals surface area contributed by atoms with E-state index in [1.807, 2.05) is 13.8 Å². The van der Waals surface area contributed by atoms with Gasteiger partial charge in [-0.1, -0.05) is 13.8 Å². The number of amides is 2. The minimum absolute atomic E-state index is 0.0683. The molecule has 0 unspecified atom stereocenters. The number of carbonyl (C=O) groups is 3. The summed E-state index contributed by atoms with van der Waals surface area (Å²) in [6, 6.07) is 3.94. The van der Waals surface area contributed by atoms with Crippen LogP contribution in [0.2, 0.25) is 0 Å². The van der Waals surface area contributed by atoms with Gasteiger partial charge >= 0.3 is 5.97 Å². The van der Waals surface area contributed by atoms with Gasteiger partial charge in [0.05, 0.1) is 17.9 Å². The van der Waals surface area contributed by atoms with Crippen LogP contribution in [0, 0.1) is 23.0 Å². The summed E-state index contributed by atoms with van der Waals surface area (Å²) in [6.45, 7) is 5.51. The van der Waals surface area contributed by atoms with Crippen molar-refractivity contribution in [2.75, 3.05) is 19.6 Å². The molecule has 0 saturated carbocycles. The molecule has 1 aromatic carbocycles. The molecule has 0 heterocycles. The highest BCUT2D eigenvalue weighted by Crippen LogP contribution is 2.18. The summed E-state index contributed by atoms with van der Waals surface area (Å²) in [5.41, 5.74) is 0.466. The summed E-state index contributed by atoms with van der Waals surface area (Å²) in [5.74, 6) is -1.76. The molecule has 142 valence electrons. The average Bonchev–Trinajstić information content (AvgIpc) is 2.55. The van der Waals surface area contributed by atoms with E-state index in [-0.39, 0.29) is 42.6 Å². The normalized spacial score (nSPS) is 10.5. The fourth-order valence-corrected chi connectivity index (χ4v) is 2.36. The van der Waals surface area contributed by atoms with Crippen LogP contribution < -0.4 is 5.32 Å². The zero-order valence-corrected chi connectivity index (χ0v) is 15.0. The van der Waals surface area contributed by atoms with E-state index in [2.05, 4.69) is 5.32 Å². The second-order valence-corrected chi connectivity index (χ2v) is 6.32. The molecule has 1 rings (SSSR count). The van der Waals surface area contributed by atoms with Crippen LogP contribution in [0.25, 0.3) is 0 Å². The first kappa shape index (κ1) is 21.1. The third-order valence-corrected chi connectivity index (χ3v) is 3.59. The minimum Gasteiger partial charge on any atom is -0.481 e. The number of aliphatic carboxylic acids is 1. The van der Waals surface area contributed by atoms with E-state index in [1.54, 1.807) is 0 Å². The lowest BCUT2D eigenvalue weighted by Gasteiger charge is -2.24. The van der Waals surface area contributed by atoms with Crippen molar-refractivity contribution in [2.24, 2.45) is 5.92 Å². The minimum atomic E-state index is -1.00. The van der Waals surface area contributed by atoms with Crippen molar-refractivity contribution in [2.45, 2.75) is 27.2 Å². The third-order valence-electron chi connectivity index (χ3n) is 3.59. The first-order valence-electron chi connectivity index (χ1n) is 8.14. The molecule has 2 amide bonds. The van der Waals surface area contributed by atoms with Gasteiger partial charge in [0.25, 0.3) is 11.6 Å². The Kier molecular flexibility index (Phi) is 7.70. The largest absolute Gasteiger partial charge is 0.481 e. The molecule has 0 radical (unpaired) electrons. The first-order chi connectivity index (χ1) is 12.1. The monoisotopic (exact) mass is 365 g/mol. The van der Waals surface area contributed by atoms with Gasteiger partial charge in [-0.3, -0.25) is 24.5 Å². The molecule has 9 nitrogen and oxygen atoms in total. The molecule has 0 bridgehead atoms. The van der Waals surface area contributed by atoms with Gasteiger partial charge in [0, 0.05) is 30.3 Å². The molecule has 0 aliphatic rings. The van der Waals surface area contributed by atoms with Crippen LogP contribution >= 0.6 is 0 Å². The standard InChI is InChI=1S/C17H23N3O6/c1-11(2)10-19(7-6-16(22)23)15(21)9-18-17(24)13-4-5-14(20(25)26)12(3)8-13/h4-5,8,11H,6-7,9-10H2,1-3H3,(H,18,24)(H,22,23). The lowest BCUT2D eigenvalue weighted by molar-refractivity contribution is -0.385. The molecule has 0 spiro atoms. The van der Waals surface area contributed by atoms with Crippen LogP contribution in [-0.4, -0.2) is 52.3 Å². The van der Waals surface area contributed by atoms with E-state index < -0.39 is 16.8 Å². The maximum absolute atomic E-state index is 12.3. The Bertz CT molecular complexity index is 702. The number of carbonyl (C=O) groups excluding carboxylic acids is 2. The van der Waals surface area contributed by atoms with Gasteiger partial charge in [-0.05, 0) is 25.0 Å². The Labute approximate surface area is 151 Å². The van der Waals surface area contributed by atoms with Crippen LogP contribution in [0.4, 0.5) is 5.69 Å². The van der Waals surface area contributed by atoms with Crippen LogP contribution in [0.1, 0.15) is 36.2 Å². The molecular weight excluding hydrogens is 342 g/mol. The van der Waals surface area contributed by atoms with E-state index in [0.717, 1.165) is 0 Å². The Morgan fingerprint density at radius 3 is 2.46 bits per heavy atom. The topological polar surface area (TPSA) is 130 Å². The molecule has 9 heteroatoms. The van der Waals surface area contributed by atoms with Crippen molar-refractivity contribution in [3.63, 3.8) is 0 Å². The number of hydrogen-bond acceptors (Lipinski definition) is 5. The van der Waals surface area contributed by atoms with E-state index in [4.69, 9.17) is 5.11 Å². The number of nitrogens with zero attached hydrogens (tertiary/aromatic N) is 2. The molecule has 0 atom stereocenters. The SMILES string of the molecule is Cc1cc(C(=O)NCC(=O)N(CCC(=O)O)CC(C)C)ccc1[N+](=O)[O-]. The van der Waals surface area contributed by atoms with Gasteiger partial charge in [0.1, 0.15) is 0 Å². The van der Waals surface area contributed by atoms with E-state index in [1.165, 1.54) is 30.0 Å².